The third kappa shape index (κ3) is 4.60. The Kier molecular flexibility index (Phi) is 6.45. The van der Waals surface area contributed by atoms with Gasteiger partial charge in [-0.3, -0.25) is 4.90 Å². The van der Waals surface area contributed by atoms with Gasteiger partial charge in [0.05, 0.1) is 6.54 Å². The average Bonchev–Trinajstić information content (AvgIpc) is 3.10. The Labute approximate surface area is 192 Å². The third-order valence-electron chi connectivity index (χ3n) is 6.03. The first-order valence-electron chi connectivity index (χ1n) is 11.0. The SMILES string of the molecule is CC(C)C(C(=O)O)N(Cc1cccc(F)c1)C(=O)OCC1c2ccccc2-c2ccccc21. The largest absolute Gasteiger partial charge is 0.480 e. The predicted octanol–water partition coefficient (Wildman–Crippen LogP) is 5.69. The van der Waals surface area contributed by atoms with Crippen molar-refractivity contribution in [2.45, 2.75) is 32.4 Å². The highest BCUT2D eigenvalue weighted by Crippen LogP contribution is 2.44. The van der Waals surface area contributed by atoms with Crippen LogP contribution in [0.2, 0.25) is 0 Å². The quantitative estimate of drug-likeness (QED) is 0.506. The number of carboxylic acid groups (broad SMARTS) is 1. The van der Waals surface area contributed by atoms with Crippen LogP contribution in [0.4, 0.5) is 9.18 Å². The second kappa shape index (κ2) is 9.45. The van der Waals surface area contributed by atoms with Crippen molar-refractivity contribution in [2.75, 3.05) is 6.61 Å². The normalized spacial score (nSPS) is 13.3. The van der Waals surface area contributed by atoms with Crippen molar-refractivity contribution in [1.82, 2.24) is 4.90 Å². The van der Waals surface area contributed by atoms with E-state index < -0.39 is 23.9 Å². The highest BCUT2D eigenvalue weighted by Gasteiger charge is 2.35. The molecule has 4 rings (SSSR count). The summed E-state index contributed by atoms with van der Waals surface area (Å²) in [5.74, 6) is -2.08. The van der Waals surface area contributed by atoms with Crippen LogP contribution in [-0.4, -0.2) is 34.7 Å². The van der Waals surface area contributed by atoms with Crippen molar-refractivity contribution in [3.63, 3.8) is 0 Å². The molecule has 170 valence electrons. The maximum absolute atomic E-state index is 13.7. The topological polar surface area (TPSA) is 66.8 Å². The Balaban J connectivity index is 1.59. The number of rotatable bonds is 7. The van der Waals surface area contributed by atoms with Crippen LogP contribution in [0.5, 0.6) is 0 Å². The van der Waals surface area contributed by atoms with E-state index in [1.807, 2.05) is 48.5 Å². The lowest BCUT2D eigenvalue weighted by molar-refractivity contribution is -0.144. The van der Waals surface area contributed by atoms with Gasteiger partial charge in [-0.15, -0.1) is 0 Å². The zero-order chi connectivity index (χ0) is 23.5. The van der Waals surface area contributed by atoms with Crippen LogP contribution in [-0.2, 0) is 16.1 Å². The molecule has 1 amide bonds. The van der Waals surface area contributed by atoms with Gasteiger partial charge in [-0.25, -0.2) is 14.0 Å². The predicted molar refractivity (Wildman–Crippen MR) is 123 cm³/mol. The fourth-order valence-electron chi connectivity index (χ4n) is 4.56. The third-order valence-corrected chi connectivity index (χ3v) is 6.03. The molecule has 0 spiro atoms. The van der Waals surface area contributed by atoms with Crippen LogP contribution in [0.3, 0.4) is 0 Å². The number of hydrogen-bond acceptors (Lipinski definition) is 3. The number of benzene rings is 3. The summed E-state index contributed by atoms with van der Waals surface area (Å²) in [5.41, 5.74) is 4.85. The molecule has 33 heavy (non-hydrogen) atoms. The minimum Gasteiger partial charge on any atom is -0.480 e. The van der Waals surface area contributed by atoms with Gasteiger partial charge in [0.15, 0.2) is 0 Å². The van der Waals surface area contributed by atoms with E-state index >= 15 is 0 Å². The summed E-state index contributed by atoms with van der Waals surface area (Å²) in [6, 6.07) is 20.7. The number of ether oxygens (including phenoxy) is 1. The first-order chi connectivity index (χ1) is 15.9. The lowest BCUT2D eigenvalue weighted by atomic mass is 9.98. The number of carbonyl (C=O) groups is 2. The zero-order valence-corrected chi connectivity index (χ0v) is 18.6. The smallest absolute Gasteiger partial charge is 0.410 e. The molecule has 0 bridgehead atoms. The molecule has 0 saturated heterocycles. The van der Waals surface area contributed by atoms with Crippen LogP contribution < -0.4 is 0 Å². The highest BCUT2D eigenvalue weighted by molar-refractivity contribution is 5.81. The molecule has 0 heterocycles. The van der Waals surface area contributed by atoms with Crippen molar-refractivity contribution >= 4 is 12.1 Å². The van der Waals surface area contributed by atoms with Gasteiger partial charge in [-0.1, -0.05) is 74.5 Å². The van der Waals surface area contributed by atoms with E-state index in [0.29, 0.717) is 5.56 Å². The van der Waals surface area contributed by atoms with Gasteiger partial charge < -0.3 is 9.84 Å². The maximum atomic E-state index is 13.7. The van der Waals surface area contributed by atoms with Crippen molar-refractivity contribution in [1.29, 1.82) is 0 Å². The van der Waals surface area contributed by atoms with E-state index in [2.05, 4.69) is 0 Å². The number of carboxylic acids is 1. The maximum Gasteiger partial charge on any atom is 0.410 e. The zero-order valence-electron chi connectivity index (χ0n) is 18.6. The van der Waals surface area contributed by atoms with E-state index in [4.69, 9.17) is 4.74 Å². The molecule has 0 saturated carbocycles. The molecule has 1 atom stereocenters. The molecule has 1 aliphatic carbocycles. The Morgan fingerprint density at radius 3 is 2.12 bits per heavy atom. The number of aliphatic carboxylic acids is 1. The summed E-state index contributed by atoms with van der Waals surface area (Å²) in [6.07, 6.45) is -0.734. The molecule has 1 unspecified atom stereocenters. The van der Waals surface area contributed by atoms with Crippen LogP contribution in [0.1, 0.15) is 36.5 Å². The number of hydrogen-bond donors (Lipinski definition) is 1. The van der Waals surface area contributed by atoms with Crippen LogP contribution >= 0.6 is 0 Å². The van der Waals surface area contributed by atoms with Crippen molar-refractivity contribution < 1.29 is 23.8 Å². The molecule has 3 aromatic rings. The second-order valence-corrected chi connectivity index (χ2v) is 8.59. The number of halogens is 1. The fourth-order valence-corrected chi connectivity index (χ4v) is 4.56. The Morgan fingerprint density at radius 1 is 0.970 bits per heavy atom. The summed E-state index contributed by atoms with van der Waals surface area (Å²) < 4.78 is 19.4. The lowest BCUT2D eigenvalue weighted by Gasteiger charge is -2.31. The number of carbonyl (C=O) groups excluding carboxylic acids is 1. The summed E-state index contributed by atoms with van der Waals surface area (Å²) in [7, 11) is 0. The van der Waals surface area contributed by atoms with Gasteiger partial charge in [-0.2, -0.15) is 0 Å². The Morgan fingerprint density at radius 2 is 1.58 bits per heavy atom. The summed E-state index contributed by atoms with van der Waals surface area (Å²) in [4.78, 5) is 26.4. The number of fused-ring (bicyclic) bond motifs is 3. The van der Waals surface area contributed by atoms with E-state index in [1.165, 1.54) is 23.1 Å². The van der Waals surface area contributed by atoms with E-state index in [1.54, 1.807) is 19.9 Å². The van der Waals surface area contributed by atoms with Gasteiger partial charge >= 0.3 is 12.1 Å². The van der Waals surface area contributed by atoms with Crippen LogP contribution in [0, 0.1) is 11.7 Å². The molecular weight excluding hydrogens is 421 g/mol. The van der Waals surface area contributed by atoms with Crippen molar-refractivity contribution in [3.8, 4) is 11.1 Å². The molecule has 0 aromatic heterocycles. The molecule has 1 N–H and O–H groups in total. The minimum absolute atomic E-state index is 0.0659. The van der Waals surface area contributed by atoms with Crippen molar-refractivity contribution in [2.24, 2.45) is 5.92 Å². The average molecular weight is 448 g/mol. The van der Waals surface area contributed by atoms with Crippen LogP contribution in [0.25, 0.3) is 11.1 Å². The minimum atomic E-state index is -1.13. The summed E-state index contributed by atoms with van der Waals surface area (Å²) in [6.45, 7) is 3.47. The number of nitrogens with zero attached hydrogens (tertiary/aromatic N) is 1. The first kappa shape index (κ1) is 22.5. The fraction of sp³-hybridized carbons (Fsp3) is 0.259. The number of amides is 1. The molecule has 6 heteroatoms. The molecule has 0 aliphatic heterocycles. The second-order valence-electron chi connectivity index (χ2n) is 8.59. The Hall–Kier alpha value is -3.67. The van der Waals surface area contributed by atoms with Crippen LogP contribution in [0.15, 0.2) is 72.8 Å². The standard InChI is InChI=1S/C27H26FNO4/c1-17(2)25(26(30)31)29(15-18-8-7-9-19(28)14-18)27(32)33-16-24-22-12-5-3-10-20(22)21-11-4-6-13-23(21)24/h3-14,17,24-25H,15-16H2,1-2H3,(H,30,31). The molecular formula is C27H26FNO4. The lowest BCUT2D eigenvalue weighted by Crippen LogP contribution is -2.48. The molecule has 0 radical (unpaired) electrons. The Bertz CT molecular complexity index is 1130. The highest BCUT2D eigenvalue weighted by atomic mass is 19.1. The monoisotopic (exact) mass is 447 g/mol. The molecule has 5 nitrogen and oxygen atoms in total. The molecule has 3 aromatic carbocycles. The van der Waals surface area contributed by atoms with E-state index in [9.17, 15) is 19.1 Å². The van der Waals surface area contributed by atoms with Crippen molar-refractivity contribution in [3.05, 3.63) is 95.3 Å². The molecule has 0 fully saturated rings. The molecule has 1 aliphatic rings. The summed E-state index contributed by atoms with van der Waals surface area (Å²) >= 11 is 0. The van der Waals surface area contributed by atoms with Gasteiger partial charge in [0.25, 0.3) is 0 Å². The first-order valence-corrected chi connectivity index (χ1v) is 11.0. The summed E-state index contributed by atoms with van der Waals surface area (Å²) in [5, 5.41) is 9.81. The van der Waals surface area contributed by atoms with E-state index in [0.717, 1.165) is 22.3 Å². The van der Waals surface area contributed by atoms with Gasteiger partial charge in [0.2, 0.25) is 0 Å². The van der Waals surface area contributed by atoms with Gasteiger partial charge in [-0.05, 0) is 45.9 Å². The van der Waals surface area contributed by atoms with Gasteiger partial charge in [0.1, 0.15) is 18.5 Å². The van der Waals surface area contributed by atoms with Gasteiger partial charge in [0, 0.05) is 5.92 Å². The van der Waals surface area contributed by atoms with E-state index in [-0.39, 0.29) is 25.0 Å².